The standard InChI is InChI=1S/C11H24N2O/c1-4-12-11-5-7-13(8-6-11)9(2)10(3)14/h9-12,14H,4-8H2,1-3H3. The van der Waals surface area contributed by atoms with Gasteiger partial charge in [0.25, 0.3) is 0 Å². The average molecular weight is 200 g/mol. The lowest BCUT2D eigenvalue weighted by atomic mass is 10.0. The van der Waals surface area contributed by atoms with Crippen LogP contribution in [0.15, 0.2) is 0 Å². The maximum atomic E-state index is 9.49. The van der Waals surface area contributed by atoms with Gasteiger partial charge in [0.05, 0.1) is 6.10 Å². The molecule has 3 nitrogen and oxygen atoms in total. The number of rotatable bonds is 4. The van der Waals surface area contributed by atoms with E-state index in [2.05, 4.69) is 24.1 Å². The van der Waals surface area contributed by atoms with E-state index < -0.39 is 0 Å². The van der Waals surface area contributed by atoms with Crippen LogP contribution in [0.3, 0.4) is 0 Å². The smallest absolute Gasteiger partial charge is 0.0664 e. The van der Waals surface area contributed by atoms with E-state index in [1.54, 1.807) is 0 Å². The fraction of sp³-hybridized carbons (Fsp3) is 1.00. The number of hydrogen-bond acceptors (Lipinski definition) is 3. The monoisotopic (exact) mass is 200 g/mol. The van der Waals surface area contributed by atoms with Crippen molar-refractivity contribution >= 4 is 0 Å². The van der Waals surface area contributed by atoms with Crippen LogP contribution >= 0.6 is 0 Å². The molecule has 1 heterocycles. The van der Waals surface area contributed by atoms with Crippen LogP contribution in [0.5, 0.6) is 0 Å². The fourth-order valence-corrected chi connectivity index (χ4v) is 2.10. The van der Waals surface area contributed by atoms with Gasteiger partial charge in [-0.25, -0.2) is 0 Å². The molecule has 1 rings (SSSR count). The number of aliphatic hydroxyl groups is 1. The van der Waals surface area contributed by atoms with Crippen molar-refractivity contribution < 1.29 is 5.11 Å². The summed E-state index contributed by atoms with van der Waals surface area (Å²) in [7, 11) is 0. The number of nitrogens with zero attached hydrogens (tertiary/aromatic N) is 1. The average Bonchev–Trinajstić information content (AvgIpc) is 2.18. The maximum absolute atomic E-state index is 9.49. The first-order chi connectivity index (χ1) is 6.65. The Morgan fingerprint density at radius 2 is 1.93 bits per heavy atom. The highest BCUT2D eigenvalue weighted by Crippen LogP contribution is 2.14. The molecule has 2 N–H and O–H groups in total. The molecule has 14 heavy (non-hydrogen) atoms. The van der Waals surface area contributed by atoms with Gasteiger partial charge in [-0.1, -0.05) is 6.92 Å². The van der Waals surface area contributed by atoms with Crippen molar-refractivity contribution in [3.63, 3.8) is 0 Å². The van der Waals surface area contributed by atoms with Gasteiger partial charge < -0.3 is 10.4 Å². The lowest BCUT2D eigenvalue weighted by Crippen LogP contribution is -2.48. The molecule has 0 saturated carbocycles. The lowest BCUT2D eigenvalue weighted by molar-refractivity contribution is 0.0529. The van der Waals surface area contributed by atoms with Gasteiger partial charge in [-0.15, -0.1) is 0 Å². The Bertz CT molecular complexity index is 153. The molecule has 0 aliphatic carbocycles. The fourth-order valence-electron chi connectivity index (χ4n) is 2.10. The number of hydrogen-bond donors (Lipinski definition) is 2. The Labute approximate surface area is 87.5 Å². The van der Waals surface area contributed by atoms with E-state index in [-0.39, 0.29) is 6.10 Å². The summed E-state index contributed by atoms with van der Waals surface area (Å²) in [5.41, 5.74) is 0. The summed E-state index contributed by atoms with van der Waals surface area (Å²) < 4.78 is 0. The van der Waals surface area contributed by atoms with E-state index in [9.17, 15) is 5.11 Å². The summed E-state index contributed by atoms with van der Waals surface area (Å²) in [6, 6.07) is 0.995. The van der Waals surface area contributed by atoms with Crippen molar-refractivity contribution in [3.05, 3.63) is 0 Å². The van der Waals surface area contributed by atoms with E-state index in [4.69, 9.17) is 0 Å². The highest BCUT2D eigenvalue weighted by Gasteiger charge is 2.24. The predicted octanol–water partition coefficient (Wildman–Crippen LogP) is 0.830. The zero-order chi connectivity index (χ0) is 10.6. The van der Waals surface area contributed by atoms with Gasteiger partial charge in [-0.05, 0) is 33.2 Å². The second kappa shape index (κ2) is 5.69. The summed E-state index contributed by atoms with van der Waals surface area (Å²) in [6.07, 6.45) is 2.21. The van der Waals surface area contributed by atoms with Crippen LogP contribution < -0.4 is 5.32 Å². The van der Waals surface area contributed by atoms with Gasteiger partial charge in [0.1, 0.15) is 0 Å². The van der Waals surface area contributed by atoms with Crippen LogP contribution in [0.1, 0.15) is 33.6 Å². The van der Waals surface area contributed by atoms with Crippen molar-refractivity contribution in [2.24, 2.45) is 0 Å². The van der Waals surface area contributed by atoms with Crippen LogP contribution in [-0.2, 0) is 0 Å². The molecule has 1 aliphatic heterocycles. The quantitative estimate of drug-likeness (QED) is 0.705. The molecule has 0 spiro atoms. The first-order valence-electron chi connectivity index (χ1n) is 5.80. The zero-order valence-corrected chi connectivity index (χ0v) is 9.66. The number of piperidine rings is 1. The Hall–Kier alpha value is -0.120. The van der Waals surface area contributed by atoms with Crippen LogP contribution in [0.2, 0.25) is 0 Å². The molecule has 0 aromatic carbocycles. The van der Waals surface area contributed by atoms with Gasteiger partial charge in [0, 0.05) is 25.2 Å². The summed E-state index contributed by atoms with van der Waals surface area (Å²) in [5.74, 6) is 0. The molecule has 2 atom stereocenters. The number of likely N-dealkylation sites (tertiary alicyclic amines) is 1. The van der Waals surface area contributed by atoms with E-state index in [1.807, 2.05) is 6.92 Å². The molecule has 84 valence electrons. The third kappa shape index (κ3) is 3.23. The Morgan fingerprint density at radius 1 is 1.36 bits per heavy atom. The molecule has 2 unspecified atom stereocenters. The number of aliphatic hydroxyl groups excluding tert-OH is 1. The van der Waals surface area contributed by atoms with Crippen LogP contribution in [0, 0.1) is 0 Å². The molecule has 1 aliphatic rings. The van der Waals surface area contributed by atoms with Crippen LogP contribution in [0.4, 0.5) is 0 Å². The second-order valence-electron chi connectivity index (χ2n) is 4.35. The molecular weight excluding hydrogens is 176 g/mol. The zero-order valence-electron chi connectivity index (χ0n) is 9.66. The van der Waals surface area contributed by atoms with Gasteiger partial charge in [0.15, 0.2) is 0 Å². The van der Waals surface area contributed by atoms with Crippen molar-refractivity contribution in [2.45, 2.75) is 51.8 Å². The van der Waals surface area contributed by atoms with Crippen LogP contribution in [-0.4, -0.2) is 47.8 Å². The highest BCUT2D eigenvalue weighted by molar-refractivity contribution is 4.81. The minimum absolute atomic E-state index is 0.217. The number of nitrogens with one attached hydrogen (secondary N) is 1. The van der Waals surface area contributed by atoms with Crippen molar-refractivity contribution in [3.8, 4) is 0 Å². The summed E-state index contributed by atoms with van der Waals surface area (Å²) in [6.45, 7) is 9.44. The molecule has 0 radical (unpaired) electrons. The SMILES string of the molecule is CCNC1CCN(C(C)C(C)O)CC1. The summed E-state index contributed by atoms with van der Waals surface area (Å²) in [5, 5.41) is 13.0. The van der Waals surface area contributed by atoms with Gasteiger partial charge >= 0.3 is 0 Å². The minimum atomic E-state index is -0.217. The minimum Gasteiger partial charge on any atom is -0.392 e. The first-order valence-corrected chi connectivity index (χ1v) is 5.80. The maximum Gasteiger partial charge on any atom is 0.0664 e. The second-order valence-corrected chi connectivity index (χ2v) is 4.35. The molecule has 1 fully saturated rings. The molecular formula is C11H24N2O. The summed E-state index contributed by atoms with van der Waals surface area (Å²) in [4.78, 5) is 2.39. The van der Waals surface area contributed by atoms with Crippen LogP contribution in [0.25, 0.3) is 0 Å². The normalized spacial score (nSPS) is 24.9. The Balaban J connectivity index is 2.28. The van der Waals surface area contributed by atoms with Crippen molar-refractivity contribution in [2.75, 3.05) is 19.6 Å². The van der Waals surface area contributed by atoms with E-state index in [0.29, 0.717) is 12.1 Å². The molecule has 0 bridgehead atoms. The third-order valence-electron chi connectivity index (χ3n) is 3.30. The van der Waals surface area contributed by atoms with E-state index in [0.717, 1.165) is 19.6 Å². The van der Waals surface area contributed by atoms with Crippen molar-refractivity contribution in [1.29, 1.82) is 0 Å². The largest absolute Gasteiger partial charge is 0.392 e. The molecule has 0 amide bonds. The summed E-state index contributed by atoms with van der Waals surface area (Å²) >= 11 is 0. The van der Waals surface area contributed by atoms with Gasteiger partial charge in [-0.3, -0.25) is 4.90 Å². The van der Waals surface area contributed by atoms with Crippen molar-refractivity contribution in [1.82, 2.24) is 10.2 Å². The molecule has 0 aromatic heterocycles. The molecule has 0 aromatic rings. The van der Waals surface area contributed by atoms with Gasteiger partial charge in [0.2, 0.25) is 0 Å². The first kappa shape index (κ1) is 12.0. The molecule has 1 saturated heterocycles. The predicted molar refractivity (Wildman–Crippen MR) is 59.4 cm³/mol. The van der Waals surface area contributed by atoms with E-state index in [1.165, 1.54) is 12.8 Å². The highest BCUT2D eigenvalue weighted by atomic mass is 16.3. The topological polar surface area (TPSA) is 35.5 Å². The van der Waals surface area contributed by atoms with Gasteiger partial charge in [-0.2, -0.15) is 0 Å². The molecule has 3 heteroatoms. The van der Waals surface area contributed by atoms with E-state index >= 15 is 0 Å². The Morgan fingerprint density at radius 3 is 2.36 bits per heavy atom. The lowest BCUT2D eigenvalue weighted by Gasteiger charge is -2.37. The third-order valence-corrected chi connectivity index (χ3v) is 3.30. The Kier molecular flexibility index (Phi) is 4.85.